The Morgan fingerprint density at radius 3 is 2.08 bits per heavy atom. The van der Waals surface area contributed by atoms with Gasteiger partial charge in [0.25, 0.3) is 0 Å². The summed E-state index contributed by atoms with van der Waals surface area (Å²) in [5.41, 5.74) is 2.78. The molecule has 2 aromatic rings. The molecule has 0 radical (unpaired) electrons. The number of amides is 1. The van der Waals surface area contributed by atoms with Crippen LogP contribution in [0.15, 0.2) is 48.5 Å². The smallest absolute Gasteiger partial charge is 0.306 e. The van der Waals surface area contributed by atoms with Gasteiger partial charge in [0.15, 0.2) is 0 Å². The lowest BCUT2D eigenvalue weighted by Gasteiger charge is -2.08. The molecule has 1 amide bonds. The SMILES string of the molecule is CC(C)Cc1ccc(NC(=O)Cc2ccc(OS(C)(=O)=O)cc2)cc1. The number of nitrogens with one attached hydrogen (secondary N) is 1. The largest absolute Gasteiger partial charge is 0.383 e. The molecule has 0 fully saturated rings. The summed E-state index contributed by atoms with van der Waals surface area (Å²) in [6.07, 6.45) is 2.20. The van der Waals surface area contributed by atoms with Crippen molar-refractivity contribution in [2.45, 2.75) is 26.7 Å². The highest BCUT2D eigenvalue weighted by molar-refractivity contribution is 7.86. The maximum Gasteiger partial charge on any atom is 0.306 e. The fourth-order valence-electron chi connectivity index (χ4n) is 2.42. The predicted molar refractivity (Wildman–Crippen MR) is 99.2 cm³/mol. The number of hydrogen-bond donors (Lipinski definition) is 1. The normalized spacial score (nSPS) is 11.4. The van der Waals surface area contributed by atoms with E-state index in [0.29, 0.717) is 5.92 Å². The monoisotopic (exact) mass is 361 g/mol. The van der Waals surface area contributed by atoms with Gasteiger partial charge in [0.2, 0.25) is 5.91 Å². The lowest BCUT2D eigenvalue weighted by molar-refractivity contribution is -0.115. The highest BCUT2D eigenvalue weighted by atomic mass is 32.2. The van der Waals surface area contributed by atoms with Gasteiger partial charge in [-0.05, 0) is 47.7 Å². The Kier molecular flexibility index (Phi) is 6.20. The molecule has 6 heteroatoms. The van der Waals surface area contributed by atoms with Crippen molar-refractivity contribution in [1.29, 1.82) is 0 Å². The lowest BCUT2D eigenvalue weighted by atomic mass is 10.0. The second kappa shape index (κ2) is 8.16. The molecule has 2 aromatic carbocycles. The van der Waals surface area contributed by atoms with Crippen LogP contribution in [0.2, 0.25) is 0 Å². The molecule has 25 heavy (non-hydrogen) atoms. The van der Waals surface area contributed by atoms with E-state index in [1.165, 1.54) is 17.7 Å². The summed E-state index contributed by atoms with van der Waals surface area (Å²) in [7, 11) is -3.54. The van der Waals surface area contributed by atoms with E-state index in [0.717, 1.165) is 23.9 Å². The number of anilines is 1. The third-order valence-corrected chi connectivity index (χ3v) is 3.91. The molecular formula is C19H23NO4S. The quantitative estimate of drug-likeness (QED) is 0.767. The molecule has 0 atom stereocenters. The van der Waals surface area contributed by atoms with Crippen LogP contribution in [0.1, 0.15) is 25.0 Å². The second-order valence-corrected chi connectivity index (χ2v) is 8.03. The third kappa shape index (κ3) is 6.97. The van der Waals surface area contributed by atoms with Crippen LogP contribution in [0.5, 0.6) is 5.75 Å². The maximum atomic E-state index is 12.1. The first-order valence-corrected chi connectivity index (χ1v) is 9.90. The molecule has 0 aromatic heterocycles. The summed E-state index contributed by atoms with van der Waals surface area (Å²) in [5, 5.41) is 2.86. The van der Waals surface area contributed by atoms with Crippen LogP contribution in [-0.4, -0.2) is 20.6 Å². The van der Waals surface area contributed by atoms with Crippen LogP contribution in [-0.2, 0) is 27.8 Å². The van der Waals surface area contributed by atoms with Gasteiger partial charge in [0.05, 0.1) is 12.7 Å². The van der Waals surface area contributed by atoms with Crippen LogP contribution in [0.4, 0.5) is 5.69 Å². The number of rotatable bonds is 7. The van der Waals surface area contributed by atoms with Gasteiger partial charge in [-0.15, -0.1) is 0 Å². The fourth-order valence-corrected chi connectivity index (χ4v) is 2.88. The summed E-state index contributed by atoms with van der Waals surface area (Å²) in [5.74, 6) is 0.691. The zero-order valence-corrected chi connectivity index (χ0v) is 15.5. The zero-order valence-electron chi connectivity index (χ0n) is 14.7. The molecule has 0 saturated heterocycles. The first-order valence-electron chi connectivity index (χ1n) is 8.08. The van der Waals surface area contributed by atoms with Crippen molar-refractivity contribution < 1.29 is 17.4 Å². The van der Waals surface area contributed by atoms with Crippen LogP contribution in [0.25, 0.3) is 0 Å². The Labute approximate surface area is 149 Å². The van der Waals surface area contributed by atoms with E-state index in [2.05, 4.69) is 19.2 Å². The summed E-state index contributed by atoms with van der Waals surface area (Å²) in [6.45, 7) is 4.34. The number of benzene rings is 2. The van der Waals surface area contributed by atoms with Crippen LogP contribution in [0.3, 0.4) is 0 Å². The fraction of sp³-hybridized carbons (Fsp3) is 0.316. The second-order valence-electron chi connectivity index (χ2n) is 6.45. The molecule has 0 aliphatic heterocycles. The molecule has 134 valence electrons. The Bertz CT molecular complexity index is 810. The van der Waals surface area contributed by atoms with E-state index in [9.17, 15) is 13.2 Å². The lowest BCUT2D eigenvalue weighted by Crippen LogP contribution is -2.14. The molecule has 0 bridgehead atoms. The van der Waals surface area contributed by atoms with E-state index in [4.69, 9.17) is 4.18 Å². The summed E-state index contributed by atoms with van der Waals surface area (Å²) in [4.78, 5) is 12.1. The van der Waals surface area contributed by atoms with Gasteiger partial charge in [0.1, 0.15) is 5.75 Å². The van der Waals surface area contributed by atoms with Crippen LogP contribution < -0.4 is 9.50 Å². The van der Waals surface area contributed by atoms with Crippen molar-refractivity contribution in [3.05, 3.63) is 59.7 Å². The van der Waals surface area contributed by atoms with Gasteiger partial charge in [-0.1, -0.05) is 38.1 Å². The number of hydrogen-bond acceptors (Lipinski definition) is 4. The van der Waals surface area contributed by atoms with E-state index in [1.807, 2.05) is 24.3 Å². The minimum atomic E-state index is -3.54. The van der Waals surface area contributed by atoms with E-state index < -0.39 is 10.1 Å². The average Bonchev–Trinajstić information content (AvgIpc) is 2.49. The van der Waals surface area contributed by atoms with E-state index in [1.54, 1.807) is 12.1 Å². The Morgan fingerprint density at radius 1 is 1.00 bits per heavy atom. The number of carbonyl (C=O) groups excluding carboxylic acids is 1. The molecule has 0 aliphatic carbocycles. The van der Waals surface area contributed by atoms with Crippen LogP contribution in [0, 0.1) is 5.92 Å². The molecular weight excluding hydrogens is 338 g/mol. The summed E-state index contributed by atoms with van der Waals surface area (Å²) >= 11 is 0. The standard InChI is InChI=1S/C19H23NO4S/c1-14(2)12-15-4-8-17(9-5-15)20-19(21)13-16-6-10-18(11-7-16)24-25(3,22)23/h4-11,14H,12-13H2,1-3H3,(H,20,21). The van der Waals surface area contributed by atoms with E-state index in [-0.39, 0.29) is 18.1 Å². The zero-order chi connectivity index (χ0) is 18.4. The van der Waals surface area contributed by atoms with Crippen molar-refractivity contribution in [3.63, 3.8) is 0 Å². The van der Waals surface area contributed by atoms with Crippen molar-refractivity contribution in [3.8, 4) is 5.75 Å². The van der Waals surface area contributed by atoms with Gasteiger partial charge in [-0.25, -0.2) is 0 Å². The summed E-state index contributed by atoms with van der Waals surface area (Å²) in [6, 6.07) is 14.3. The average molecular weight is 361 g/mol. The molecule has 0 saturated carbocycles. The van der Waals surface area contributed by atoms with Gasteiger partial charge in [-0.3, -0.25) is 4.79 Å². The first-order chi connectivity index (χ1) is 11.7. The van der Waals surface area contributed by atoms with Gasteiger partial charge in [0, 0.05) is 5.69 Å². The molecule has 0 unspecified atom stereocenters. The highest BCUT2D eigenvalue weighted by Gasteiger charge is 2.07. The molecule has 0 heterocycles. The topological polar surface area (TPSA) is 72.5 Å². The van der Waals surface area contributed by atoms with Gasteiger partial charge in [-0.2, -0.15) is 8.42 Å². The highest BCUT2D eigenvalue weighted by Crippen LogP contribution is 2.16. The van der Waals surface area contributed by atoms with Crippen molar-refractivity contribution in [2.75, 3.05) is 11.6 Å². The predicted octanol–water partition coefficient (Wildman–Crippen LogP) is 3.40. The molecule has 0 aliphatic rings. The minimum Gasteiger partial charge on any atom is -0.383 e. The molecule has 5 nitrogen and oxygen atoms in total. The molecule has 0 spiro atoms. The minimum absolute atomic E-state index is 0.131. The molecule has 1 N–H and O–H groups in total. The Balaban J connectivity index is 1.91. The van der Waals surface area contributed by atoms with E-state index >= 15 is 0 Å². The third-order valence-electron chi connectivity index (χ3n) is 3.42. The van der Waals surface area contributed by atoms with Crippen LogP contribution >= 0.6 is 0 Å². The van der Waals surface area contributed by atoms with Crippen molar-refractivity contribution in [1.82, 2.24) is 0 Å². The maximum absolute atomic E-state index is 12.1. The van der Waals surface area contributed by atoms with Crippen molar-refractivity contribution >= 4 is 21.7 Å². The van der Waals surface area contributed by atoms with Crippen molar-refractivity contribution in [2.24, 2.45) is 5.92 Å². The molecule has 2 rings (SSSR count). The first kappa shape index (κ1) is 19.0. The Hall–Kier alpha value is -2.34. The van der Waals surface area contributed by atoms with Gasteiger partial charge < -0.3 is 9.50 Å². The summed E-state index contributed by atoms with van der Waals surface area (Å²) < 4.78 is 26.9. The van der Waals surface area contributed by atoms with Gasteiger partial charge >= 0.3 is 10.1 Å². The Morgan fingerprint density at radius 2 is 1.56 bits per heavy atom. The number of carbonyl (C=O) groups is 1.